The molecule has 31 heavy (non-hydrogen) atoms. The van der Waals surface area contributed by atoms with E-state index in [0.717, 1.165) is 27.4 Å². The van der Waals surface area contributed by atoms with Gasteiger partial charge in [-0.1, -0.05) is 6.07 Å². The van der Waals surface area contributed by atoms with Crippen LogP contribution in [0.1, 0.15) is 18.1 Å². The first kappa shape index (κ1) is 24.3. The van der Waals surface area contributed by atoms with Crippen LogP contribution in [0.3, 0.4) is 0 Å². The number of aryl methyl sites for hydroxylation is 2. The summed E-state index contributed by atoms with van der Waals surface area (Å²) in [5, 5.41) is 2.73. The summed E-state index contributed by atoms with van der Waals surface area (Å²) < 4.78 is 42.3. The molecule has 0 spiro atoms. The van der Waals surface area contributed by atoms with Crippen LogP contribution in [0.4, 0.5) is 5.69 Å². The molecule has 0 saturated carbocycles. The fourth-order valence-corrected chi connectivity index (χ4v) is 4.43. The van der Waals surface area contributed by atoms with Gasteiger partial charge in [-0.15, -0.1) is 0 Å². The van der Waals surface area contributed by atoms with E-state index in [2.05, 4.69) is 5.32 Å². The van der Waals surface area contributed by atoms with Crippen molar-refractivity contribution >= 4 is 21.6 Å². The highest BCUT2D eigenvalue weighted by Crippen LogP contribution is 2.35. The number of sulfonamides is 1. The second kappa shape index (κ2) is 10.4. The molecule has 0 radical (unpaired) electrons. The van der Waals surface area contributed by atoms with E-state index in [1.807, 2.05) is 32.0 Å². The zero-order chi connectivity index (χ0) is 23.2. The topological polar surface area (TPSA) is 94.2 Å². The molecular formula is C22H30N2O6S. The Labute approximate surface area is 184 Å². The maximum absolute atomic E-state index is 12.7. The standard InChI is InChI=1S/C22H30N2O6S/c1-15-11-16(2)13-19(12-15)30-10-9-23-22(25)17(3)24(31(6,26)27)20-14-18(28-4)7-8-21(20)29-5/h7-8,11-14,17H,9-10H2,1-6H3,(H,23,25)/t17-/m1/s1. The van der Waals surface area contributed by atoms with Crippen LogP contribution >= 0.6 is 0 Å². The zero-order valence-corrected chi connectivity index (χ0v) is 19.6. The molecule has 2 rings (SSSR count). The van der Waals surface area contributed by atoms with Gasteiger partial charge in [0.2, 0.25) is 15.9 Å². The van der Waals surface area contributed by atoms with E-state index in [0.29, 0.717) is 11.5 Å². The molecule has 8 nitrogen and oxygen atoms in total. The predicted octanol–water partition coefficient (Wildman–Crippen LogP) is 2.67. The first-order chi connectivity index (χ1) is 14.6. The Morgan fingerprint density at radius 1 is 1.03 bits per heavy atom. The Hall–Kier alpha value is -2.94. The first-order valence-corrected chi connectivity index (χ1v) is 11.6. The van der Waals surface area contributed by atoms with E-state index in [-0.39, 0.29) is 18.8 Å². The van der Waals surface area contributed by atoms with Gasteiger partial charge in [-0.2, -0.15) is 0 Å². The molecule has 2 aromatic carbocycles. The summed E-state index contributed by atoms with van der Waals surface area (Å²) >= 11 is 0. The molecule has 1 N–H and O–H groups in total. The molecule has 2 aromatic rings. The highest BCUT2D eigenvalue weighted by atomic mass is 32.2. The monoisotopic (exact) mass is 450 g/mol. The van der Waals surface area contributed by atoms with Gasteiger partial charge in [-0.25, -0.2) is 8.42 Å². The molecule has 0 bridgehead atoms. The van der Waals surface area contributed by atoms with Crippen molar-refractivity contribution in [2.75, 3.05) is 37.9 Å². The Morgan fingerprint density at radius 3 is 2.23 bits per heavy atom. The van der Waals surface area contributed by atoms with Crippen LogP contribution in [0, 0.1) is 13.8 Å². The van der Waals surface area contributed by atoms with E-state index >= 15 is 0 Å². The molecule has 0 aromatic heterocycles. The molecular weight excluding hydrogens is 420 g/mol. The molecule has 0 fully saturated rings. The van der Waals surface area contributed by atoms with Crippen LogP contribution in [-0.2, 0) is 14.8 Å². The van der Waals surface area contributed by atoms with Crippen molar-refractivity contribution in [2.24, 2.45) is 0 Å². The quantitative estimate of drug-likeness (QED) is 0.560. The summed E-state index contributed by atoms with van der Waals surface area (Å²) in [7, 11) is -0.891. The van der Waals surface area contributed by atoms with Gasteiger partial charge in [-0.3, -0.25) is 9.10 Å². The summed E-state index contributed by atoms with van der Waals surface area (Å²) in [6.07, 6.45) is 1.04. The van der Waals surface area contributed by atoms with E-state index in [1.165, 1.54) is 27.2 Å². The zero-order valence-electron chi connectivity index (χ0n) is 18.8. The van der Waals surface area contributed by atoms with Gasteiger partial charge in [0.05, 0.1) is 32.7 Å². The average Bonchev–Trinajstić information content (AvgIpc) is 2.69. The largest absolute Gasteiger partial charge is 0.497 e. The molecule has 170 valence electrons. The number of ether oxygens (including phenoxy) is 3. The number of hydrogen-bond donors (Lipinski definition) is 1. The molecule has 0 aliphatic rings. The van der Waals surface area contributed by atoms with Gasteiger partial charge in [0.15, 0.2) is 0 Å². The number of nitrogens with one attached hydrogen (secondary N) is 1. The summed E-state index contributed by atoms with van der Waals surface area (Å²) in [6, 6.07) is 9.62. The summed E-state index contributed by atoms with van der Waals surface area (Å²) in [4.78, 5) is 12.7. The van der Waals surface area contributed by atoms with Crippen molar-refractivity contribution < 1.29 is 27.4 Å². The lowest BCUT2D eigenvalue weighted by atomic mass is 10.1. The van der Waals surface area contributed by atoms with E-state index in [1.54, 1.807) is 12.1 Å². The molecule has 1 amide bonds. The van der Waals surface area contributed by atoms with Crippen molar-refractivity contribution in [3.63, 3.8) is 0 Å². The van der Waals surface area contributed by atoms with Gasteiger partial charge in [0, 0.05) is 6.07 Å². The normalized spacial score (nSPS) is 12.1. The number of amides is 1. The molecule has 1 atom stereocenters. The lowest BCUT2D eigenvalue weighted by molar-refractivity contribution is -0.121. The summed E-state index contributed by atoms with van der Waals surface area (Å²) in [5.74, 6) is 1.01. The Balaban J connectivity index is 2.11. The maximum atomic E-state index is 12.7. The maximum Gasteiger partial charge on any atom is 0.243 e. The highest BCUT2D eigenvalue weighted by molar-refractivity contribution is 7.92. The third-order valence-corrected chi connectivity index (χ3v) is 5.80. The summed E-state index contributed by atoms with van der Waals surface area (Å²) in [5.41, 5.74) is 2.39. The van der Waals surface area contributed by atoms with Crippen LogP contribution < -0.4 is 23.8 Å². The number of anilines is 1. The lowest BCUT2D eigenvalue weighted by Gasteiger charge is -2.29. The molecule has 0 unspecified atom stereocenters. The van der Waals surface area contributed by atoms with Gasteiger partial charge in [0.1, 0.15) is 29.9 Å². The number of carbonyl (C=O) groups excluding carboxylic acids is 1. The summed E-state index contributed by atoms with van der Waals surface area (Å²) in [6.45, 7) is 5.96. The van der Waals surface area contributed by atoms with Crippen molar-refractivity contribution in [1.29, 1.82) is 0 Å². The minimum absolute atomic E-state index is 0.221. The average molecular weight is 451 g/mol. The third-order valence-electron chi connectivity index (χ3n) is 4.58. The second-order valence-electron chi connectivity index (χ2n) is 7.24. The minimum Gasteiger partial charge on any atom is -0.497 e. The van der Waals surface area contributed by atoms with Crippen molar-refractivity contribution in [3.8, 4) is 17.2 Å². The number of hydrogen-bond acceptors (Lipinski definition) is 6. The molecule has 0 saturated heterocycles. The number of rotatable bonds is 10. The van der Waals surface area contributed by atoms with Crippen LogP contribution in [0.5, 0.6) is 17.2 Å². The van der Waals surface area contributed by atoms with Crippen molar-refractivity contribution in [1.82, 2.24) is 5.32 Å². The van der Waals surface area contributed by atoms with E-state index < -0.39 is 22.0 Å². The number of methoxy groups -OCH3 is 2. The highest BCUT2D eigenvalue weighted by Gasteiger charge is 2.31. The van der Waals surface area contributed by atoms with Crippen LogP contribution in [-0.4, -0.2) is 54.0 Å². The smallest absolute Gasteiger partial charge is 0.243 e. The molecule has 0 aliphatic heterocycles. The Kier molecular flexibility index (Phi) is 8.15. The number of carbonyl (C=O) groups is 1. The van der Waals surface area contributed by atoms with Crippen molar-refractivity contribution in [3.05, 3.63) is 47.5 Å². The fraction of sp³-hybridized carbons (Fsp3) is 0.409. The first-order valence-electron chi connectivity index (χ1n) is 9.77. The number of benzene rings is 2. The van der Waals surface area contributed by atoms with Gasteiger partial charge < -0.3 is 19.5 Å². The number of nitrogens with zero attached hydrogens (tertiary/aromatic N) is 1. The van der Waals surface area contributed by atoms with Gasteiger partial charge >= 0.3 is 0 Å². The molecule has 0 aliphatic carbocycles. The molecule has 0 heterocycles. The van der Waals surface area contributed by atoms with Gasteiger partial charge in [-0.05, 0) is 56.2 Å². The van der Waals surface area contributed by atoms with E-state index in [9.17, 15) is 13.2 Å². The third kappa shape index (κ3) is 6.52. The van der Waals surface area contributed by atoms with Crippen LogP contribution in [0.25, 0.3) is 0 Å². The van der Waals surface area contributed by atoms with Crippen LogP contribution in [0.2, 0.25) is 0 Å². The second-order valence-corrected chi connectivity index (χ2v) is 9.09. The lowest BCUT2D eigenvalue weighted by Crippen LogP contribution is -2.48. The molecule has 9 heteroatoms. The van der Waals surface area contributed by atoms with Crippen molar-refractivity contribution in [2.45, 2.75) is 26.8 Å². The van der Waals surface area contributed by atoms with Gasteiger partial charge in [0.25, 0.3) is 0 Å². The Morgan fingerprint density at radius 2 is 1.68 bits per heavy atom. The predicted molar refractivity (Wildman–Crippen MR) is 121 cm³/mol. The Bertz CT molecular complexity index is 1000. The fourth-order valence-electron chi connectivity index (χ4n) is 3.26. The van der Waals surface area contributed by atoms with E-state index in [4.69, 9.17) is 14.2 Å². The SMILES string of the molecule is COc1ccc(OC)c(N([C@H](C)C(=O)NCCOc2cc(C)cc(C)c2)S(C)(=O)=O)c1. The van der Waals surface area contributed by atoms with Crippen LogP contribution in [0.15, 0.2) is 36.4 Å². The minimum atomic E-state index is -3.80.